The van der Waals surface area contributed by atoms with Gasteiger partial charge in [-0.25, -0.2) is 14.8 Å². The van der Waals surface area contributed by atoms with Gasteiger partial charge in [-0.1, -0.05) is 6.07 Å². The van der Waals surface area contributed by atoms with Crippen molar-refractivity contribution < 1.29 is 14.3 Å². The molecule has 2 aromatic carbocycles. The maximum Gasteiger partial charge on any atom is 0.337 e. The third-order valence-electron chi connectivity index (χ3n) is 3.79. The monoisotopic (exact) mass is 362 g/mol. The van der Waals surface area contributed by atoms with Crippen LogP contribution in [-0.4, -0.2) is 28.8 Å². The van der Waals surface area contributed by atoms with E-state index < -0.39 is 5.97 Å². The van der Waals surface area contributed by atoms with Crippen molar-refractivity contribution in [3.63, 3.8) is 0 Å². The largest absolute Gasteiger partial charge is 0.465 e. The lowest BCUT2D eigenvalue weighted by atomic mass is 10.1. The average Bonchev–Trinajstić information content (AvgIpc) is 2.68. The number of carbonyl (C=O) groups is 2. The van der Waals surface area contributed by atoms with Crippen molar-refractivity contribution in [1.29, 1.82) is 0 Å². The number of hydrogen-bond donors (Lipinski definition) is 2. The smallest absolute Gasteiger partial charge is 0.337 e. The molecule has 0 saturated heterocycles. The molecule has 3 aromatic rings. The molecule has 0 spiro atoms. The number of hydrogen-bond acceptors (Lipinski definition) is 7. The number of nitrogens with zero attached hydrogens (tertiary/aromatic N) is 2. The highest BCUT2D eigenvalue weighted by Crippen LogP contribution is 2.20. The number of Topliss-reactive ketones (excluding diaryl/α,β-unsaturated/α-hetero) is 1. The van der Waals surface area contributed by atoms with Gasteiger partial charge in [0.05, 0.1) is 12.7 Å². The van der Waals surface area contributed by atoms with Crippen molar-refractivity contribution in [2.24, 2.45) is 0 Å². The highest BCUT2D eigenvalue weighted by molar-refractivity contribution is 5.94. The number of nitrogens with one attached hydrogen (secondary N) is 2. The van der Waals surface area contributed by atoms with Crippen LogP contribution in [0.1, 0.15) is 27.6 Å². The fourth-order valence-corrected chi connectivity index (χ4v) is 2.42. The van der Waals surface area contributed by atoms with E-state index in [1.807, 2.05) is 18.2 Å². The second-order valence-electron chi connectivity index (χ2n) is 5.74. The van der Waals surface area contributed by atoms with Crippen molar-refractivity contribution in [1.82, 2.24) is 9.97 Å². The van der Waals surface area contributed by atoms with Crippen LogP contribution in [0.15, 0.2) is 60.9 Å². The van der Waals surface area contributed by atoms with E-state index >= 15 is 0 Å². The van der Waals surface area contributed by atoms with Gasteiger partial charge in [0.1, 0.15) is 18.0 Å². The van der Waals surface area contributed by atoms with Crippen LogP contribution in [0.25, 0.3) is 0 Å². The summed E-state index contributed by atoms with van der Waals surface area (Å²) in [6.07, 6.45) is 1.43. The number of carbonyl (C=O) groups excluding carboxylic acids is 2. The summed E-state index contributed by atoms with van der Waals surface area (Å²) in [4.78, 5) is 31.3. The lowest BCUT2D eigenvalue weighted by Gasteiger charge is -2.10. The lowest BCUT2D eigenvalue weighted by molar-refractivity contribution is 0.0600. The second-order valence-corrected chi connectivity index (χ2v) is 5.74. The van der Waals surface area contributed by atoms with Crippen LogP contribution in [0.2, 0.25) is 0 Å². The predicted octanol–water partition coefficient (Wildman–Crippen LogP) is 3.95. The summed E-state index contributed by atoms with van der Waals surface area (Å²) >= 11 is 0. The first-order chi connectivity index (χ1) is 13.0. The fourth-order valence-electron chi connectivity index (χ4n) is 2.42. The van der Waals surface area contributed by atoms with Gasteiger partial charge in [-0.05, 0) is 49.4 Å². The van der Waals surface area contributed by atoms with Crippen molar-refractivity contribution in [2.45, 2.75) is 6.92 Å². The topological polar surface area (TPSA) is 93.2 Å². The Labute approximate surface area is 156 Å². The Bertz CT molecular complexity index is 971. The Kier molecular flexibility index (Phi) is 5.41. The number of aromatic nitrogens is 2. The van der Waals surface area contributed by atoms with E-state index in [2.05, 4.69) is 20.6 Å². The predicted molar refractivity (Wildman–Crippen MR) is 103 cm³/mol. The van der Waals surface area contributed by atoms with Crippen molar-refractivity contribution in [3.8, 4) is 0 Å². The first kappa shape index (κ1) is 18.1. The molecule has 1 heterocycles. The Morgan fingerprint density at radius 2 is 1.52 bits per heavy atom. The van der Waals surface area contributed by atoms with Crippen LogP contribution in [-0.2, 0) is 4.74 Å². The molecule has 0 aliphatic rings. The Morgan fingerprint density at radius 3 is 2.15 bits per heavy atom. The van der Waals surface area contributed by atoms with Gasteiger partial charge in [0.25, 0.3) is 0 Å². The van der Waals surface area contributed by atoms with Gasteiger partial charge in [0, 0.05) is 23.0 Å². The normalized spacial score (nSPS) is 10.1. The first-order valence-corrected chi connectivity index (χ1v) is 8.20. The van der Waals surface area contributed by atoms with E-state index in [0.29, 0.717) is 28.5 Å². The standard InChI is InChI=1S/C20H18N4O3/c1-13(25)14-6-8-16(9-7-14)23-18-11-19(22-12-21-18)24-17-5-3-4-15(10-17)20(26)27-2/h3-12H,1-2H3,(H2,21,22,23,24). The summed E-state index contributed by atoms with van der Waals surface area (Å²) in [5.74, 6) is 0.768. The molecule has 1 aromatic heterocycles. The number of esters is 1. The second kappa shape index (κ2) is 8.09. The Hall–Kier alpha value is -3.74. The quantitative estimate of drug-likeness (QED) is 0.506. The van der Waals surface area contributed by atoms with Gasteiger partial charge in [-0.15, -0.1) is 0 Å². The van der Waals surface area contributed by atoms with Gasteiger partial charge in [0.2, 0.25) is 0 Å². The molecule has 0 saturated carbocycles. The number of benzene rings is 2. The number of rotatable bonds is 6. The Morgan fingerprint density at radius 1 is 0.852 bits per heavy atom. The molecule has 0 unspecified atom stereocenters. The highest BCUT2D eigenvalue weighted by atomic mass is 16.5. The zero-order valence-electron chi connectivity index (χ0n) is 14.9. The maximum atomic E-state index is 11.6. The molecule has 0 fully saturated rings. The highest BCUT2D eigenvalue weighted by Gasteiger charge is 2.07. The van der Waals surface area contributed by atoms with Crippen LogP contribution < -0.4 is 10.6 Å². The summed E-state index contributed by atoms with van der Waals surface area (Å²) in [5, 5.41) is 6.29. The Balaban J connectivity index is 1.74. The molecular formula is C20H18N4O3. The van der Waals surface area contributed by atoms with Gasteiger partial charge >= 0.3 is 5.97 Å². The van der Waals surface area contributed by atoms with E-state index in [4.69, 9.17) is 4.74 Å². The molecule has 0 radical (unpaired) electrons. The molecule has 0 bridgehead atoms. The minimum absolute atomic E-state index is 0.0178. The molecule has 0 amide bonds. The molecule has 27 heavy (non-hydrogen) atoms. The van der Waals surface area contributed by atoms with Crippen molar-refractivity contribution in [3.05, 3.63) is 72.1 Å². The van der Waals surface area contributed by atoms with Crippen LogP contribution in [0.5, 0.6) is 0 Å². The third kappa shape index (κ3) is 4.66. The molecular weight excluding hydrogens is 344 g/mol. The number of ether oxygens (including phenoxy) is 1. The molecule has 0 atom stereocenters. The number of anilines is 4. The van der Waals surface area contributed by atoms with Crippen LogP contribution in [0, 0.1) is 0 Å². The molecule has 3 rings (SSSR count). The van der Waals surface area contributed by atoms with Crippen LogP contribution in [0.4, 0.5) is 23.0 Å². The summed E-state index contributed by atoms with van der Waals surface area (Å²) in [7, 11) is 1.34. The van der Waals surface area contributed by atoms with Gasteiger partial charge in [0.15, 0.2) is 5.78 Å². The summed E-state index contributed by atoms with van der Waals surface area (Å²) in [6, 6.07) is 15.8. The average molecular weight is 362 g/mol. The molecule has 2 N–H and O–H groups in total. The number of methoxy groups -OCH3 is 1. The molecule has 0 aliphatic heterocycles. The lowest BCUT2D eigenvalue weighted by Crippen LogP contribution is -2.02. The maximum absolute atomic E-state index is 11.6. The van der Waals surface area contributed by atoms with E-state index in [9.17, 15) is 9.59 Å². The first-order valence-electron chi connectivity index (χ1n) is 8.20. The van der Waals surface area contributed by atoms with Crippen LogP contribution in [0.3, 0.4) is 0 Å². The summed E-state index contributed by atoms with van der Waals surface area (Å²) in [5.41, 5.74) is 2.60. The molecule has 0 aliphatic carbocycles. The SMILES string of the molecule is COC(=O)c1cccc(Nc2cc(Nc3ccc(C(C)=O)cc3)ncn2)c1. The van der Waals surface area contributed by atoms with Crippen molar-refractivity contribution in [2.75, 3.05) is 17.7 Å². The van der Waals surface area contributed by atoms with Gasteiger partial charge in [-0.3, -0.25) is 4.79 Å². The van der Waals surface area contributed by atoms with Crippen LogP contribution >= 0.6 is 0 Å². The minimum atomic E-state index is -0.405. The molecule has 136 valence electrons. The molecule has 7 nitrogen and oxygen atoms in total. The summed E-state index contributed by atoms with van der Waals surface area (Å²) in [6.45, 7) is 1.53. The number of ketones is 1. The van der Waals surface area contributed by atoms with E-state index in [1.165, 1.54) is 20.4 Å². The van der Waals surface area contributed by atoms with E-state index in [-0.39, 0.29) is 5.78 Å². The zero-order valence-corrected chi connectivity index (χ0v) is 14.9. The van der Waals surface area contributed by atoms with Crippen molar-refractivity contribution >= 4 is 34.8 Å². The van der Waals surface area contributed by atoms with E-state index in [0.717, 1.165) is 5.69 Å². The van der Waals surface area contributed by atoms with Gasteiger partial charge in [-0.2, -0.15) is 0 Å². The fraction of sp³-hybridized carbons (Fsp3) is 0.100. The third-order valence-corrected chi connectivity index (χ3v) is 3.79. The van der Waals surface area contributed by atoms with E-state index in [1.54, 1.807) is 36.4 Å². The van der Waals surface area contributed by atoms with Gasteiger partial charge < -0.3 is 15.4 Å². The molecule has 7 heteroatoms. The minimum Gasteiger partial charge on any atom is -0.465 e. The summed E-state index contributed by atoms with van der Waals surface area (Å²) < 4.78 is 4.73. The zero-order chi connectivity index (χ0) is 19.2.